The van der Waals surface area contributed by atoms with Gasteiger partial charge in [0.1, 0.15) is 0 Å². The van der Waals surface area contributed by atoms with Crippen molar-refractivity contribution in [3.8, 4) is 0 Å². The van der Waals surface area contributed by atoms with Gasteiger partial charge >= 0.3 is 0 Å². The van der Waals surface area contributed by atoms with Crippen LogP contribution in [0.25, 0.3) is 0 Å². The molecule has 0 fully saturated rings. The van der Waals surface area contributed by atoms with Crippen LogP contribution in [0, 0.1) is 0 Å². The predicted octanol–water partition coefficient (Wildman–Crippen LogP) is 1.48. The monoisotopic (exact) mass is 229 g/mol. The molecule has 1 aromatic carbocycles. The summed E-state index contributed by atoms with van der Waals surface area (Å²) in [6.07, 6.45) is 1.44. The minimum Gasteiger partial charge on any atom is -0.323 e. The SMILES string of the molecule is CCC(=O)NC1=CC(=O)c2ccccc2C1=O. The first-order chi connectivity index (χ1) is 8.13. The lowest BCUT2D eigenvalue weighted by Crippen LogP contribution is -2.30. The van der Waals surface area contributed by atoms with Crippen LogP contribution in [0.1, 0.15) is 34.1 Å². The van der Waals surface area contributed by atoms with Crippen LogP contribution >= 0.6 is 0 Å². The van der Waals surface area contributed by atoms with E-state index in [0.717, 1.165) is 0 Å². The van der Waals surface area contributed by atoms with Crippen molar-refractivity contribution in [1.82, 2.24) is 5.32 Å². The van der Waals surface area contributed by atoms with Crippen molar-refractivity contribution in [1.29, 1.82) is 0 Å². The molecule has 86 valence electrons. The molecule has 1 N–H and O–H groups in total. The van der Waals surface area contributed by atoms with Gasteiger partial charge in [0.15, 0.2) is 5.78 Å². The average Bonchev–Trinajstić information content (AvgIpc) is 2.35. The zero-order valence-corrected chi connectivity index (χ0v) is 9.32. The maximum atomic E-state index is 12.0. The Labute approximate surface area is 98.3 Å². The Morgan fingerprint density at radius 2 is 1.82 bits per heavy atom. The number of benzene rings is 1. The Bertz CT molecular complexity index is 543. The van der Waals surface area contributed by atoms with E-state index in [0.29, 0.717) is 11.1 Å². The summed E-state index contributed by atoms with van der Waals surface area (Å²) >= 11 is 0. The number of allylic oxidation sites excluding steroid dienone is 2. The Morgan fingerprint density at radius 1 is 1.18 bits per heavy atom. The van der Waals surface area contributed by atoms with E-state index in [2.05, 4.69) is 5.32 Å². The molecule has 1 aliphatic rings. The van der Waals surface area contributed by atoms with E-state index in [4.69, 9.17) is 0 Å². The molecular weight excluding hydrogens is 218 g/mol. The van der Waals surface area contributed by atoms with Gasteiger partial charge in [-0.05, 0) is 0 Å². The molecule has 1 amide bonds. The van der Waals surface area contributed by atoms with Gasteiger partial charge in [0.05, 0.1) is 5.70 Å². The molecule has 0 spiro atoms. The summed E-state index contributed by atoms with van der Waals surface area (Å²) in [7, 11) is 0. The minimum absolute atomic E-state index is 0.0561. The lowest BCUT2D eigenvalue weighted by atomic mass is 9.93. The first-order valence-corrected chi connectivity index (χ1v) is 5.33. The van der Waals surface area contributed by atoms with Gasteiger partial charge in [-0.3, -0.25) is 14.4 Å². The van der Waals surface area contributed by atoms with Crippen molar-refractivity contribution in [2.24, 2.45) is 0 Å². The Kier molecular flexibility index (Phi) is 2.87. The summed E-state index contributed by atoms with van der Waals surface area (Å²) in [6, 6.07) is 6.58. The molecule has 0 bridgehead atoms. The lowest BCUT2D eigenvalue weighted by molar-refractivity contribution is -0.120. The Morgan fingerprint density at radius 3 is 2.47 bits per heavy atom. The molecule has 1 aromatic rings. The van der Waals surface area contributed by atoms with Gasteiger partial charge in [-0.15, -0.1) is 0 Å². The molecule has 2 rings (SSSR count). The zero-order valence-electron chi connectivity index (χ0n) is 9.32. The van der Waals surface area contributed by atoms with E-state index in [1.54, 1.807) is 31.2 Å². The topological polar surface area (TPSA) is 63.2 Å². The lowest BCUT2D eigenvalue weighted by Gasteiger charge is -2.15. The van der Waals surface area contributed by atoms with Crippen LogP contribution in [0.4, 0.5) is 0 Å². The average molecular weight is 229 g/mol. The first kappa shape index (κ1) is 11.3. The zero-order chi connectivity index (χ0) is 12.4. The number of nitrogens with one attached hydrogen (secondary N) is 1. The maximum Gasteiger partial charge on any atom is 0.224 e. The number of ketones is 2. The summed E-state index contributed by atoms with van der Waals surface area (Å²) in [5, 5.41) is 2.44. The molecule has 0 atom stereocenters. The quantitative estimate of drug-likeness (QED) is 0.835. The van der Waals surface area contributed by atoms with E-state index in [9.17, 15) is 14.4 Å². The summed E-state index contributed by atoms with van der Waals surface area (Å²) in [5.74, 6) is -0.856. The number of Topliss-reactive ketones (excluding diaryl/α,β-unsaturated/α-hetero) is 1. The molecule has 4 heteroatoms. The number of rotatable bonds is 2. The smallest absolute Gasteiger partial charge is 0.224 e. The van der Waals surface area contributed by atoms with E-state index in [-0.39, 0.29) is 29.6 Å². The molecular formula is C13H11NO3. The van der Waals surface area contributed by atoms with Crippen molar-refractivity contribution in [2.75, 3.05) is 0 Å². The second kappa shape index (κ2) is 4.33. The molecule has 4 nitrogen and oxygen atoms in total. The van der Waals surface area contributed by atoms with Crippen molar-refractivity contribution < 1.29 is 14.4 Å². The van der Waals surface area contributed by atoms with Crippen LogP contribution in [-0.4, -0.2) is 17.5 Å². The largest absolute Gasteiger partial charge is 0.323 e. The van der Waals surface area contributed by atoms with Crippen LogP contribution in [0.15, 0.2) is 36.0 Å². The summed E-state index contributed by atoms with van der Waals surface area (Å²) < 4.78 is 0. The van der Waals surface area contributed by atoms with Crippen LogP contribution < -0.4 is 5.32 Å². The highest BCUT2D eigenvalue weighted by atomic mass is 16.2. The van der Waals surface area contributed by atoms with Crippen molar-refractivity contribution in [3.05, 3.63) is 47.2 Å². The van der Waals surface area contributed by atoms with Crippen LogP contribution in [0.5, 0.6) is 0 Å². The van der Waals surface area contributed by atoms with E-state index in [1.165, 1.54) is 6.08 Å². The van der Waals surface area contributed by atoms with E-state index in [1.807, 2.05) is 0 Å². The predicted molar refractivity (Wildman–Crippen MR) is 61.6 cm³/mol. The molecule has 0 aliphatic heterocycles. The van der Waals surface area contributed by atoms with E-state index >= 15 is 0 Å². The highest BCUT2D eigenvalue weighted by Gasteiger charge is 2.25. The van der Waals surface area contributed by atoms with E-state index < -0.39 is 0 Å². The fourth-order valence-corrected chi connectivity index (χ4v) is 1.65. The van der Waals surface area contributed by atoms with Crippen molar-refractivity contribution in [2.45, 2.75) is 13.3 Å². The molecule has 0 saturated heterocycles. The molecule has 0 saturated carbocycles. The standard InChI is InChI=1S/C13H11NO3/c1-2-12(16)14-10-7-11(15)8-5-3-4-6-9(8)13(10)17/h3-7H,2H2,1H3,(H,14,16). The minimum atomic E-state index is -0.318. The van der Waals surface area contributed by atoms with Gasteiger partial charge in [0.2, 0.25) is 11.7 Å². The number of carbonyl (C=O) groups is 3. The molecule has 0 aromatic heterocycles. The van der Waals surface area contributed by atoms with Gasteiger partial charge in [0.25, 0.3) is 0 Å². The third-order valence-electron chi connectivity index (χ3n) is 2.55. The highest BCUT2D eigenvalue weighted by molar-refractivity contribution is 6.25. The second-order valence-electron chi connectivity index (χ2n) is 3.70. The molecule has 0 heterocycles. The van der Waals surface area contributed by atoms with Crippen molar-refractivity contribution in [3.63, 3.8) is 0 Å². The van der Waals surface area contributed by atoms with Gasteiger partial charge in [0, 0.05) is 23.6 Å². The summed E-state index contributed by atoms with van der Waals surface area (Å²) in [5.41, 5.74) is 0.777. The molecule has 0 unspecified atom stereocenters. The Balaban J connectivity index is 2.38. The fraction of sp³-hybridized carbons (Fsp3) is 0.154. The number of hydrogen-bond donors (Lipinski definition) is 1. The second-order valence-corrected chi connectivity index (χ2v) is 3.70. The maximum absolute atomic E-state index is 12.0. The van der Waals surface area contributed by atoms with Crippen LogP contribution in [0.2, 0.25) is 0 Å². The first-order valence-electron chi connectivity index (χ1n) is 5.33. The number of carbonyl (C=O) groups excluding carboxylic acids is 3. The van der Waals surface area contributed by atoms with Gasteiger partial charge in [-0.25, -0.2) is 0 Å². The Hall–Kier alpha value is -2.23. The summed E-state index contributed by atoms with van der Waals surface area (Å²) in [4.78, 5) is 34.9. The van der Waals surface area contributed by atoms with Gasteiger partial charge in [-0.2, -0.15) is 0 Å². The third-order valence-corrected chi connectivity index (χ3v) is 2.55. The van der Waals surface area contributed by atoms with Crippen LogP contribution in [0.3, 0.4) is 0 Å². The van der Waals surface area contributed by atoms with Crippen molar-refractivity contribution >= 4 is 17.5 Å². The highest BCUT2D eigenvalue weighted by Crippen LogP contribution is 2.19. The normalized spacial score (nSPS) is 14.1. The third kappa shape index (κ3) is 2.01. The molecule has 0 radical (unpaired) electrons. The van der Waals surface area contributed by atoms with Crippen LogP contribution in [-0.2, 0) is 4.79 Å². The molecule has 17 heavy (non-hydrogen) atoms. The fourth-order valence-electron chi connectivity index (χ4n) is 1.65. The molecule has 1 aliphatic carbocycles. The van der Waals surface area contributed by atoms with Gasteiger partial charge < -0.3 is 5.32 Å². The number of fused-ring (bicyclic) bond motifs is 1. The van der Waals surface area contributed by atoms with Gasteiger partial charge in [-0.1, -0.05) is 31.2 Å². The summed E-state index contributed by atoms with van der Waals surface area (Å²) in [6.45, 7) is 1.68. The number of amides is 1. The number of hydrogen-bond acceptors (Lipinski definition) is 3.